The van der Waals surface area contributed by atoms with Crippen LogP contribution in [0.25, 0.3) is 0 Å². The van der Waals surface area contributed by atoms with Gasteiger partial charge in [-0.25, -0.2) is 4.98 Å². The summed E-state index contributed by atoms with van der Waals surface area (Å²) < 4.78 is 0. The van der Waals surface area contributed by atoms with E-state index >= 15 is 0 Å². The van der Waals surface area contributed by atoms with E-state index in [0.29, 0.717) is 6.54 Å². The molecule has 0 radical (unpaired) electrons. The average Bonchev–Trinajstić information content (AvgIpc) is 2.96. The summed E-state index contributed by atoms with van der Waals surface area (Å²) in [7, 11) is 0. The van der Waals surface area contributed by atoms with Crippen molar-refractivity contribution in [1.82, 2.24) is 14.8 Å². The van der Waals surface area contributed by atoms with E-state index in [1.54, 1.807) is 16.0 Å². The van der Waals surface area contributed by atoms with E-state index in [1.165, 1.54) is 11.3 Å². The number of thiazole rings is 1. The number of fused-ring (bicyclic) bond motifs is 1. The van der Waals surface area contributed by atoms with Gasteiger partial charge in [-0.05, 0) is 12.8 Å². The minimum Gasteiger partial charge on any atom is -0.329 e. The van der Waals surface area contributed by atoms with Gasteiger partial charge in [-0.2, -0.15) is 0 Å². The van der Waals surface area contributed by atoms with Crippen LogP contribution in [0.1, 0.15) is 17.8 Å². The van der Waals surface area contributed by atoms with Crippen molar-refractivity contribution in [2.75, 3.05) is 13.1 Å². The standard InChI is InChI=1S/C11H13N3O2S/c15-10-7-13(6-9-12-3-5-17-9)11(16)8-2-1-4-14(8)10/h3,5,8H,1-2,4,6-7H2. The van der Waals surface area contributed by atoms with Gasteiger partial charge < -0.3 is 9.80 Å². The number of aromatic nitrogens is 1. The van der Waals surface area contributed by atoms with Crippen LogP contribution in [0, 0.1) is 0 Å². The second-order valence-corrected chi connectivity index (χ2v) is 5.34. The highest BCUT2D eigenvalue weighted by Gasteiger charge is 2.41. The highest BCUT2D eigenvalue weighted by atomic mass is 32.1. The minimum absolute atomic E-state index is 0.0728. The quantitative estimate of drug-likeness (QED) is 0.768. The number of carbonyl (C=O) groups excluding carboxylic acids is 2. The van der Waals surface area contributed by atoms with Gasteiger partial charge in [0.2, 0.25) is 11.8 Å². The molecule has 2 aliphatic rings. The smallest absolute Gasteiger partial charge is 0.246 e. The zero-order valence-electron chi connectivity index (χ0n) is 9.33. The van der Waals surface area contributed by atoms with Gasteiger partial charge in [0, 0.05) is 18.1 Å². The van der Waals surface area contributed by atoms with Gasteiger partial charge >= 0.3 is 0 Å². The van der Waals surface area contributed by atoms with Crippen molar-refractivity contribution < 1.29 is 9.59 Å². The third-order valence-electron chi connectivity index (χ3n) is 3.31. The van der Waals surface area contributed by atoms with Gasteiger partial charge in [0.1, 0.15) is 17.6 Å². The molecule has 2 amide bonds. The predicted molar refractivity (Wildman–Crippen MR) is 62.3 cm³/mol. The topological polar surface area (TPSA) is 53.5 Å². The molecule has 0 saturated carbocycles. The zero-order valence-corrected chi connectivity index (χ0v) is 10.2. The Kier molecular flexibility index (Phi) is 2.58. The predicted octanol–water partition coefficient (Wildman–Crippen LogP) is 0.476. The maximum absolute atomic E-state index is 12.2. The van der Waals surface area contributed by atoms with Crippen molar-refractivity contribution in [1.29, 1.82) is 0 Å². The third-order valence-corrected chi connectivity index (χ3v) is 4.07. The van der Waals surface area contributed by atoms with Crippen LogP contribution in [0.2, 0.25) is 0 Å². The molecule has 2 saturated heterocycles. The van der Waals surface area contributed by atoms with Crippen molar-refractivity contribution >= 4 is 23.2 Å². The van der Waals surface area contributed by atoms with Gasteiger partial charge in [0.15, 0.2) is 0 Å². The summed E-state index contributed by atoms with van der Waals surface area (Å²) in [5, 5.41) is 2.77. The normalized spacial score (nSPS) is 24.4. The summed E-state index contributed by atoms with van der Waals surface area (Å²) in [4.78, 5) is 31.6. The highest BCUT2D eigenvalue weighted by molar-refractivity contribution is 7.09. The Balaban J connectivity index is 1.77. The molecular weight excluding hydrogens is 238 g/mol. The summed E-state index contributed by atoms with van der Waals surface area (Å²) in [5.74, 6) is 0.154. The summed E-state index contributed by atoms with van der Waals surface area (Å²) in [5.41, 5.74) is 0. The molecule has 1 aromatic rings. The van der Waals surface area contributed by atoms with Gasteiger partial charge in [-0.3, -0.25) is 9.59 Å². The number of hydrogen-bond donors (Lipinski definition) is 0. The van der Waals surface area contributed by atoms with Crippen LogP contribution in [0.15, 0.2) is 11.6 Å². The SMILES string of the molecule is O=C1C2CCCN2C(=O)CN1Cc1nccs1. The van der Waals surface area contributed by atoms with Crippen molar-refractivity contribution in [3.8, 4) is 0 Å². The van der Waals surface area contributed by atoms with Crippen LogP contribution in [-0.4, -0.2) is 45.7 Å². The molecule has 5 nitrogen and oxygen atoms in total. The van der Waals surface area contributed by atoms with Gasteiger partial charge in [0.25, 0.3) is 0 Å². The molecule has 0 aliphatic carbocycles. The molecule has 2 aliphatic heterocycles. The molecule has 1 unspecified atom stereocenters. The lowest BCUT2D eigenvalue weighted by atomic mass is 10.1. The first-order chi connectivity index (χ1) is 8.25. The van der Waals surface area contributed by atoms with Gasteiger partial charge in [-0.1, -0.05) is 0 Å². The van der Waals surface area contributed by atoms with Crippen LogP contribution >= 0.6 is 11.3 Å². The molecule has 0 aromatic carbocycles. The molecule has 0 bridgehead atoms. The van der Waals surface area contributed by atoms with E-state index in [-0.39, 0.29) is 24.4 Å². The van der Waals surface area contributed by atoms with Crippen LogP contribution in [-0.2, 0) is 16.1 Å². The first-order valence-electron chi connectivity index (χ1n) is 5.72. The van der Waals surface area contributed by atoms with Crippen molar-refractivity contribution in [3.05, 3.63) is 16.6 Å². The zero-order chi connectivity index (χ0) is 11.8. The number of nitrogens with zero attached hydrogens (tertiary/aromatic N) is 3. The fraction of sp³-hybridized carbons (Fsp3) is 0.545. The molecule has 1 aromatic heterocycles. The van der Waals surface area contributed by atoms with Crippen molar-refractivity contribution in [3.63, 3.8) is 0 Å². The van der Waals surface area contributed by atoms with E-state index in [1.807, 2.05) is 5.38 Å². The van der Waals surface area contributed by atoms with Crippen LogP contribution in [0.3, 0.4) is 0 Å². The number of amides is 2. The lowest BCUT2D eigenvalue weighted by Crippen LogP contribution is -2.56. The number of hydrogen-bond acceptors (Lipinski definition) is 4. The van der Waals surface area contributed by atoms with Crippen LogP contribution in [0.4, 0.5) is 0 Å². The molecule has 2 fully saturated rings. The van der Waals surface area contributed by atoms with E-state index in [0.717, 1.165) is 24.4 Å². The first kappa shape index (κ1) is 10.7. The van der Waals surface area contributed by atoms with E-state index < -0.39 is 0 Å². The molecule has 0 spiro atoms. The van der Waals surface area contributed by atoms with Crippen molar-refractivity contribution in [2.45, 2.75) is 25.4 Å². The van der Waals surface area contributed by atoms with Crippen molar-refractivity contribution in [2.24, 2.45) is 0 Å². The summed E-state index contributed by atoms with van der Waals surface area (Å²) in [6.45, 7) is 1.40. The van der Waals surface area contributed by atoms with Crippen LogP contribution in [0.5, 0.6) is 0 Å². The fourth-order valence-corrected chi connectivity index (χ4v) is 3.12. The molecule has 90 valence electrons. The fourth-order valence-electron chi connectivity index (χ4n) is 2.49. The molecule has 17 heavy (non-hydrogen) atoms. The number of piperazine rings is 1. The Labute approximate surface area is 103 Å². The first-order valence-corrected chi connectivity index (χ1v) is 6.60. The van der Waals surface area contributed by atoms with Gasteiger partial charge in [0.05, 0.1) is 6.54 Å². The largest absolute Gasteiger partial charge is 0.329 e. The van der Waals surface area contributed by atoms with E-state index in [2.05, 4.69) is 4.98 Å². The second kappa shape index (κ2) is 4.10. The van der Waals surface area contributed by atoms with E-state index in [9.17, 15) is 9.59 Å². The second-order valence-electron chi connectivity index (χ2n) is 4.37. The average molecular weight is 251 g/mol. The van der Waals surface area contributed by atoms with Crippen LogP contribution < -0.4 is 0 Å². The Morgan fingerprint density at radius 1 is 1.47 bits per heavy atom. The summed E-state index contributed by atoms with van der Waals surface area (Å²) >= 11 is 1.52. The lowest BCUT2D eigenvalue weighted by molar-refractivity contribution is -0.154. The molecule has 1 atom stereocenters. The molecule has 0 N–H and O–H groups in total. The molecular formula is C11H13N3O2S. The Morgan fingerprint density at radius 2 is 2.35 bits per heavy atom. The Morgan fingerprint density at radius 3 is 3.12 bits per heavy atom. The third kappa shape index (κ3) is 1.82. The Bertz CT molecular complexity index is 446. The monoisotopic (exact) mass is 251 g/mol. The minimum atomic E-state index is -0.212. The number of rotatable bonds is 2. The lowest BCUT2D eigenvalue weighted by Gasteiger charge is -2.35. The summed E-state index contributed by atoms with van der Waals surface area (Å²) in [6.07, 6.45) is 3.46. The van der Waals surface area contributed by atoms with Gasteiger partial charge in [-0.15, -0.1) is 11.3 Å². The molecule has 3 rings (SSSR count). The maximum Gasteiger partial charge on any atom is 0.246 e. The molecule has 6 heteroatoms. The Hall–Kier alpha value is -1.43. The maximum atomic E-state index is 12.2. The highest BCUT2D eigenvalue weighted by Crippen LogP contribution is 2.24. The van der Waals surface area contributed by atoms with E-state index in [4.69, 9.17) is 0 Å². The molecule has 3 heterocycles. The number of carbonyl (C=O) groups is 2. The summed E-state index contributed by atoms with van der Waals surface area (Å²) in [6, 6.07) is -0.212.